The molecular weight excluding hydrogens is 291 g/mol. The maximum Gasteiger partial charge on any atom is 0.170 e. The highest BCUT2D eigenvalue weighted by atomic mass is 19.1. The van der Waals surface area contributed by atoms with Crippen LogP contribution in [0.1, 0.15) is 5.56 Å². The van der Waals surface area contributed by atoms with Crippen LogP contribution in [0.4, 0.5) is 4.39 Å². The van der Waals surface area contributed by atoms with Crippen LogP contribution in [0.5, 0.6) is 11.5 Å². The van der Waals surface area contributed by atoms with E-state index in [4.69, 9.17) is 9.47 Å². The largest absolute Gasteiger partial charge is 0.454 e. The van der Waals surface area contributed by atoms with Crippen molar-refractivity contribution in [1.82, 2.24) is 0 Å². The van der Waals surface area contributed by atoms with Crippen molar-refractivity contribution in [3.8, 4) is 22.6 Å². The Morgan fingerprint density at radius 2 is 1.57 bits per heavy atom. The first-order valence-corrected chi connectivity index (χ1v) is 7.37. The molecule has 0 aliphatic heterocycles. The molecule has 0 saturated carbocycles. The fraction of sp³-hybridized carbons (Fsp3) is 0.100. The molecule has 0 fully saturated rings. The quantitative estimate of drug-likeness (QED) is 0.625. The standard InChI is InChI=1S/C20H17FO2/c1-22-14-15-10-12-16(13-11-15)18-8-5-9-19(21)20(18)23-17-6-3-2-4-7-17/h2-13H,14H2,1H3. The van der Waals surface area contributed by atoms with Gasteiger partial charge in [-0.25, -0.2) is 4.39 Å². The van der Waals surface area contributed by atoms with Crippen LogP contribution in [0.15, 0.2) is 72.8 Å². The Bertz CT molecular complexity index is 767. The van der Waals surface area contributed by atoms with Crippen molar-refractivity contribution in [3.63, 3.8) is 0 Å². The second-order valence-corrected chi connectivity index (χ2v) is 5.16. The van der Waals surface area contributed by atoms with Crippen molar-refractivity contribution >= 4 is 0 Å². The normalized spacial score (nSPS) is 10.5. The van der Waals surface area contributed by atoms with Gasteiger partial charge in [0, 0.05) is 12.7 Å². The number of ether oxygens (including phenoxy) is 2. The molecule has 23 heavy (non-hydrogen) atoms. The van der Waals surface area contributed by atoms with Crippen molar-refractivity contribution in [2.75, 3.05) is 7.11 Å². The van der Waals surface area contributed by atoms with E-state index in [0.29, 0.717) is 12.4 Å². The van der Waals surface area contributed by atoms with Gasteiger partial charge in [-0.15, -0.1) is 0 Å². The first-order valence-electron chi connectivity index (χ1n) is 7.37. The highest BCUT2D eigenvalue weighted by molar-refractivity contribution is 5.71. The van der Waals surface area contributed by atoms with E-state index >= 15 is 0 Å². The van der Waals surface area contributed by atoms with Crippen LogP contribution in [0.2, 0.25) is 0 Å². The van der Waals surface area contributed by atoms with E-state index in [1.165, 1.54) is 6.07 Å². The van der Waals surface area contributed by atoms with Gasteiger partial charge in [0.25, 0.3) is 0 Å². The van der Waals surface area contributed by atoms with E-state index in [1.54, 1.807) is 25.3 Å². The summed E-state index contributed by atoms with van der Waals surface area (Å²) >= 11 is 0. The predicted octanol–water partition coefficient (Wildman–Crippen LogP) is 5.43. The average molecular weight is 308 g/mol. The van der Waals surface area contributed by atoms with Crippen LogP contribution in [-0.4, -0.2) is 7.11 Å². The highest BCUT2D eigenvalue weighted by Crippen LogP contribution is 2.35. The molecule has 3 aromatic carbocycles. The lowest BCUT2D eigenvalue weighted by atomic mass is 10.0. The number of halogens is 1. The molecule has 0 atom stereocenters. The summed E-state index contributed by atoms with van der Waals surface area (Å²) in [5.74, 6) is 0.459. The van der Waals surface area contributed by atoms with Crippen LogP contribution in [-0.2, 0) is 11.3 Å². The van der Waals surface area contributed by atoms with Crippen LogP contribution >= 0.6 is 0 Å². The molecule has 3 rings (SSSR count). The zero-order chi connectivity index (χ0) is 16.1. The number of hydrogen-bond acceptors (Lipinski definition) is 2. The van der Waals surface area contributed by atoms with E-state index in [2.05, 4.69) is 0 Å². The molecule has 0 bridgehead atoms. The van der Waals surface area contributed by atoms with E-state index < -0.39 is 0 Å². The predicted molar refractivity (Wildman–Crippen MR) is 89.1 cm³/mol. The molecule has 3 aromatic rings. The fourth-order valence-electron chi connectivity index (χ4n) is 2.39. The summed E-state index contributed by atoms with van der Waals surface area (Å²) in [5, 5.41) is 0. The fourth-order valence-corrected chi connectivity index (χ4v) is 2.39. The zero-order valence-corrected chi connectivity index (χ0v) is 12.8. The van der Waals surface area contributed by atoms with Gasteiger partial charge in [-0.1, -0.05) is 54.6 Å². The summed E-state index contributed by atoms with van der Waals surface area (Å²) in [4.78, 5) is 0. The third-order valence-electron chi connectivity index (χ3n) is 3.51. The molecule has 0 heterocycles. The summed E-state index contributed by atoms with van der Waals surface area (Å²) in [7, 11) is 1.66. The summed E-state index contributed by atoms with van der Waals surface area (Å²) < 4.78 is 25.2. The molecule has 3 heteroatoms. The number of methoxy groups -OCH3 is 1. The second kappa shape index (κ2) is 7.07. The van der Waals surface area contributed by atoms with Crippen LogP contribution in [0, 0.1) is 5.82 Å². The Balaban J connectivity index is 1.97. The Labute approximate surface area is 135 Å². The van der Waals surface area contributed by atoms with Crippen LogP contribution in [0.3, 0.4) is 0 Å². The minimum atomic E-state index is -0.382. The molecule has 116 valence electrons. The molecule has 0 amide bonds. The van der Waals surface area contributed by atoms with Gasteiger partial charge in [-0.3, -0.25) is 0 Å². The average Bonchev–Trinajstić information content (AvgIpc) is 2.59. The third kappa shape index (κ3) is 3.58. The van der Waals surface area contributed by atoms with E-state index in [0.717, 1.165) is 16.7 Å². The lowest BCUT2D eigenvalue weighted by molar-refractivity contribution is 0.185. The third-order valence-corrected chi connectivity index (χ3v) is 3.51. The van der Waals surface area contributed by atoms with Crippen LogP contribution in [0.25, 0.3) is 11.1 Å². The van der Waals surface area contributed by atoms with Gasteiger partial charge in [0.2, 0.25) is 0 Å². The van der Waals surface area contributed by atoms with Crippen molar-refractivity contribution in [3.05, 3.63) is 84.2 Å². The van der Waals surface area contributed by atoms with Crippen molar-refractivity contribution in [2.45, 2.75) is 6.61 Å². The minimum Gasteiger partial charge on any atom is -0.454 e. The molecule has 0 aliphatic carbocycles. The number of benzene rings is 3. The van der Waals surface area contributed by atoms with Gasteiger partial charge in [0.05, 0.1) is 6.61 Å². The van der Waals surface area contributed by atoms with Crippen molar-refractivity contribution in [2.24, 2.45) is 0 Å². The summed E-state index contributed by atoms with van der Waals surface area (Å²) in [6, 6.07) is 22.0. The summed E-state index contributed by atoms with van der Waals surface area (Å²) in [6.45, 7) is 0.552. The van der Waals surface area contributed by atoms with E-state index in [9.17, 15) is 4.39 Å². The highest BCUT2D eigenvalue weighted by Gasteiger charge is 2.12. The first kappa shape index (κ1) is 15.3. The maximum absolute atomic E-state index is 14.3. The van der Waals surface area contributed by atoms with Gasteiger partial charge in [0.15, 0.2) is 11.6 Å². The topological polar surface area (TPSA) is 18.5 Å². The summed E-state index contributed by atoms with van der Waals surface area (Å²) in [5.41, 5.74) is 2.69. The Morgan fingerprint density at radius 3 is 2.26 bits per heavy atom. The molecule has 0 N–H and O–H groups in total. The van der Waals surface area contributed by atoms with Gasteiger partial charge in [0.1, 0.15) is 5.75 Å². The van der Waals surface area contributed by atoms with Gasteiger partial charge in [-0.05, 0) is 29.3 Å². The Hall–Kier alpha value is -2.65. The SMILES string of the molecule is COCc1ccc(-c2cccc(F)c2Oc2ccccc2)cc1. The number of para-hydroxylation sites is 2. The molecule has 0 saturated heterocycles. The molecule has 2 nitrogen and oxygen atoms in total. The molecule has 0 aromatic heterocycles. The molecule has 0 radical (unpaired) electrons. The van der Waals surface area contributed by atoms with E-state index in [1.807, 2.05) is 48.5 Å². The van der Waals surface area contributed by atoms with Gasteiger partial charge in [-0.2, -0.15) is 0 Å². The molecule has 0 aliphatic rings. The molecule has 0 unspecified atom stereocenters. The smallest absolute Gasteiger partial charge is 0.170 e. The second-order valence-electron chi connectivity index (χ2n) is 5.16. The van der Waals surface area contributed by atoms with Crippen molar-refractivity contribution in [1.29, 1.82) is 0 Å². The maximum atomic E-state index is 14.3. The van der Waals surface area contributed by atoms with E-state index in [-0.39, 0.29) is 11.6 Å². The van der Waals surface area contributed by atoms with Crippen molar-refractivity contribution < 1.29 is 13.9 Å². The Kier molecular flexibility index (Phi) is 4.69. The molecule has 0 spiro atoms. The number of rotatable bonds is 5. The van der Waals surface area contributed by atoms with Gasteiger partial charge >= 0.3 is 0 Å². The monoisotopic (exact) mass is 308 g/mol. The Morgan fingerprint density at radius 1 is 0.826 bits per heavy atom. The lowest BCUT2D eigenvalue weighted by Gasteiger charge is -2.12. The van der Waals surface area contributed by atoms with Crippen LogP contribution < -0.4 is 4.74 Å². The minimum absolute atomic E-state index is 0.234. The first-order chi connectivity index (χ1) is 11.3. The zero-order valence-electron chi connectivity index (χ0n) is 12.8. The van der Waals surface area contributed by atoms with Gasteiger partial charge < -0.3 is 9.47 Å². The summed E-state index contributed by atoms with van der Waals surface area (Å²) in [6.07, 6.45) is 0. The lowest BCUT2D eigenvalue weighted by Crippen LogP contribution is -1.93. The number of hydrogen-bond donors (Lipinski definition) is 0. The molecular formula is C20H17FO2.